The Morgan fingerprint density at radius 3 is 2.27 bits per heavy atom. The second kappa shape index (κ2) is 7.45. The SMILES string of the molecule is C[C@H](C1CCCC1[P@](c1ccccc1)C1CCCC1)N(C)C. The molecule has 0 aromatic heterocycles. The highest BCUT2D eigenvalue weighted by Gasteiger charge is 2.41. The third kappa shape index (κ3) is 3.41. The van der Waals surface area contributed by atoms with Gasteiger partial charge in [-0.05, 0) is 69.2 Å². The molecule has 0 amide bonds. The molecule has 0 saturated heterocycles. The number of rotatable bonds is 5. The van der Waals surface area contributed by atoms with Crippen molar-refractivity contribution in [3.05, 3.63) is 30.3 Å². The molecule has 2 saturated carbocycles. The minimum atomic E-state index is 0.0188. The van der Waals surface area contributed by atoms with E-state index in [4.69, 9.17) is 0 Å². The maximum atomic E-state index is 2.45. The second-order valence-corrected chi connectivity index (χ2v) is 10.3. The van der Waals surface area contributed by atoms with Gasteiger partial charge in [0.25, 0.3) is 0 Å². The van der Waals surface area contributed by atoms with Gasteiger partial charge in [-0.15, -0.1) is 0 Å². The van der Waals surface area contributed by atoms with E-state index < -0.39 is 0 Å². The van der Waals surface area contributed by atoms with Gasteiger partial charge in [-0.25, -0.2) is 0 Å². The van der Waals surface area contributed by atoms with Crippen molar-refractivity contribution in [3.8, 4) is 0 Å². The highest BCUT2D eigenvalue weighted by molar-refractivity contribution is 7.67. The van der Waals surface area contributed by atoms with Gasteiger partial charge in [0.2, 0.25) is 0 Å². The van der Waals surface area contributed by atoms with E-state index in [0.717, 1.165) is 23.3 Å². The standard InChI is InChI=1S/C20H32NP/c1-16(21(2)3)19-14-9-15-20(19)22(18-12-7-8-13-18)17-10-5-4-6-11-17/h4-6,10-11,16,18-20H,7-9,12-15H2,1-3H3/t16-,19?,20?,22-/m1/s1. The van der Waals surface area contributed by atoms with Crippen molar-refractivity contribution < 1.29 is 0 Å². The lowest BCUT2D eigenvalue weighted by molar-refractivity contribution is 0.232. The summed E-state index contributed by atoms with van der Waals surface area (Å²) in [6.45, 7) is 2.45. The van der Waals surface area contributed by atoms with Gasteiger partial charge in [-0.3, -0.25) is 0 Å². The fourth-order valence-corrected chi connectivity index (χ4v) is 8.77. The minimum Gasteiger partial charge on any atom is -0.306 e. The van der Waals surface area contributed by atoms with Gasteiger partial charge in [0.05, 0.1) is 0 Å². The van der Waals surface area contributed by atoms with Crippen molar-refractivity contribution in [1.82, 2.24) is 4.90 Å². The van der Waals surface area contributed by atoms with Crippen LogP contribution in [-0.4, -0.2) is 36.4 Å². The van der Waals surface area contributed by atoms with Crippen LogP contribution in [0.5, 0.6) is 0 Å². The zero-order valence-electron chi connectivity index (χ0n) is 14.5. The first-order valence-electron chi connectivity index (χ1n) is 9.18. The Balaban J connectivity index is 1.88. The van der Waals surface area contributed by atoms with Crippen molar-refractivity contribution in [2.45, 2.75) is 69.2 Å². The predicted molar refractivity (Wildman–Crippen MR) is 99.5 cm³/mol. The maximum absolute atomic E-state index is 2.45. The number of hydrogen-bond donors (Lipinski definition) is 0. The quantitative estimate of drug-likeness (QED) is 0.701. The third-order valence-corrected chi connectivity index (χ3v) is 9.65. The van der Waals surface area contributed by atoms with Crippen LogP contribution in [0.4, 0.5) is 0 Å². The first-order valence-corrected chi connectivity index (χ1v) is 10.7. The molecule has 1 aromatic carbocycles. The Bertz CT molecular complexity index is 452. The molecule has 2 heteroatoms. The van der Waals surface area contributed by atoms with E-state index in [1.54, 1.807) is 5.30 Å². The molecule has 2 aliphatic rings. The Morgan fingerprint density at radius 2 is 1.64 bits per heavy atom. The van der Waals surface area contributed by atoms with Gasteiger partial charge in [0, 0.05) is 6.04 Å². The largest absolute Gasteiger partial charge is 0.306 e. The van der Waals surface area contributed by atoms with Gasteiger partial charge in [0.15, 0.2) is 0 Å². The molecule has 0 radical (unpaired) electrons. The van der Waals surface area contributed by atoms with Gasteiger partial charge in [0.1, 0.15) is 0 Å². The van der Waals surface area contributed by atoms with Crippen LogP contribution in [0, 0.1) is 5.92 Å². The molecule has 2 aliphatic carbocycles. The lowest BCUT2D eigenvalue weighted by Gasteiger charge is -2.38. The van der Waals surface area contributed by atoms with Gasteiger partial charge < -0.3 is 4.90 Å². The topological polar surface area (TPSA) is 3.24 Å². The van der Waals surface area contributed by atoms with Crippen LogP contribution in [0.2, 0.25) is 0 Å². The fourth-order valence-electron chi connectivity index (χ4n) is 4.72. The van der Waals surface area contributed by atoms with Crippen molar-refractivity contribution in [2.24, 2.45) is 5.92 Å². The van der Waals surface area contributed by atoms with Crippen LogP contribution in [0.25, 0.3) is 0 Å². The van der Waals surface area contributed by atoms with E-state index in [1.807, 2.05) is 0 Å². The zero-order valence-corrected chi connectivity index (χ0v) is 15.4. The van der Waals surface area contributed by atoms with E-state index in [-0.39, 0.29) is 7.92 Å². The lowest BCUT2D eigenvalue weighted by atomic mass is 9.98. The van der Waals surface area contributed by atoms with Crippen molar-refractivity contribution >= 4 is 13.2 Å². The van der Waals surface area contributed by atoms with Gasteiger partial charge in [-0.2, -0.15) is 0 Å². The molecule has 0 aliphatic heterocycles. The van der Waals surface area contributed by atoms with Gasteiger partial charge in [-0.1, -0.05) is 57.5 Å². The summed E-state index contributed by atoms with van der Waals surface area (Å²) in [6.07, 6.45) is 10.3. The average molecular weight is 317 g/mol. The van der Waals surface area contributed by atoms with Crippen LogP contribution < -0.4 is 5.30 Å². The molecular formula is C20H32NP. The maximum Gasteiger partial charge on any atom is 0.00952 e. The molecule has 1 aromatic rings. The van der Waals surface area contributed by atoms with Crippen LogP contribution in [0.1, 0.15) is 51.9 Å². The Kier molecular flexibility index (Phi) is 5.58. The summed E-state index contributed by atoms with van der Waals surface area (Å²) in [5, 5.41) is 1.69. The van der Waals surface area contributed by atoms with E-state index in [9.17, 15) is 0 Å². The summed E-state index contributed by atoms with van der Waals surface area (Å²) in [5.41, 5.74) is 1.95. The zero-order chi connectivity index (χ0) is 15.5. The molecule has 0 bridgehead atoms. The van der Waals surface area contributed by atoms with Crippen molar-refractivity contribution in [3.63, 3.8) is 0 Å². The minimum absolute atomic E-state index is 0.0188. The normalized spacial score (nSPS) is 29.1. The second-order valence-electron chi connectivity index (χ2n) is 7.55. The molecule has 0 N–H and O–H groups in total. The molecule has 3 rings (SSSR count). The molecule has 22 heavy (non-hydrogen) atoms. The Morgan fingerprint density at radius 1 is 0.955 bits per heavy atom. The molecule has 4 atom stereocenters. The average Bonchev–Trinajstić information content (AvgIpc) is 3.20. The van der Waals surface area contributed by atoms with E-state index >= 15 is 0 Å². The van der Waals surface area contributed by atoms with Crippen molar-refractivity contribution in [2.75, 3.05) is 14.1 Å². The molecular weight excluding hydrogens is 285 g/mol. The Labute approximate surface area is 138 Å². The summed E-state index contributed by atoms with van der Waals surface area (Å²) in [6, 6.07) is 12.3. The molecule has 2 unspecified atom stereocenters. The van der Waals surface area contributed by atoms with Gasteiger partial charge >= 0.3 is 0 Å². The smallest absolute Gasteiger partial charge is 0.00952 e. The monoisotopic (exact) mass is 317 g/mol. The number of benzene rings is 1. The predicted octanol–water partition coefficient (Wildman–Crippen LogP) is 4.86. The first-order chi connectivity index (χ1) is 10.7. The molecule has 122 valence electrons. The molecule has 2 fully saturated rings. The summed E-state index contributed by atoms with van der Waals surface area (Å²) in [4.78, 5) is 2.45. The highest BCUT2D eigenvalue weighted by atomic mass is 31.1. The highest BCUT2D eigenvalue weighted by Crippen LogP contribution is 2.58. The Hall–Kier alpha value is -0.390. The molecule has 0 heterocycles. The van der Waals surface area contributed by atoms with E-state index in [1.165, 1.54) is 44.9 Å². The van der Waals surface area contributed by atoms with Crippen molar-refractivity contribution in [1.29, 1.82) is 0 Å². The van der Waals surface area contributed by atoms with E-state index in [0.29, 0.717) is 0 Å². The lowest BCUT2D eigenvalue weighted by Crippen LogP contribution is -2.37. The summed E-state index contributed by atoms with van der Waals surface area (Å²) >= 11 is 0. The van der Waals surface area contributed by atoms with Crippen LogP contribution in [-0.2, 0) is 0 Å². The van der Waals surface area contributed by atoms with E-state index in [2.05, 4.69) is 56.3 Å². The fraction of sp³-hybridized carbons (Fsp3) is 0.700. The summed E-state index contributed by atoms with van der Waals surface area (Å²) in [5.74, 6) is 0.905. The van der Waals surface area contributed by atoms with Crippen LogP contribution in [0.15, 0.2) is 30.3 Å². The third-order valence-electron chi connectivity index (χ3n) is 6.10. The number of hydrogen-bond acceptors (Lipinski definition) is 1. The first kappa shape index (κ1) is 16.5. The summed E-state index contributed by atoms with van der Waals surface area (Å²) in [7, 11) is 4.55. The molecule has 0 spiro atoms. The molecule has 1 nitrogen and oxygen atoms in total. The van der Waals surface area contributed by atoms with Crippen LogP contribution >= 0.6 is 7.92 Å². The van der Waals surface area contributed by atoms with Crippen LogP contribution in [0.3, 0.4) is 0 Å². The summed E-state index contributed by atoms with van der Waals surface area (Å²) < 4.78 is 0. The number of nitrogens with zero attached hydrogens (tertiary/aromatic N) is 1.